The van der Waals surface area contributed by atoms with Crippen molar-refractivity contribution in [2.75, 3.05) is 6.61 Å². The molecule has 0 atom stereocenters. The minimum Gasteiger partial charge on any atom is -0.384 e. The number of hydrogen-bond donors (Lipinski definition) is 1. The summed E-state index contributed by atoms with van der Waals surface area (Å²) < 4.78 is 5.46. The first-order valence-corrected chi connectivity index (χ1v) is 5.34. The van der Waals surface area contributed by atoms with E-state index in [9.17, 15) is 0 Å². The number of aliphatic hydroxyl groups excluding tert-OH is 1. The van der Waals surface area contributed by atoms with E-state index in [2.05, 4.69) is 11.8 Å². The molecule has 0 aliphatic heterocycles. The molecule has 14 heavy (non-hydrogen) atoms. The van der Waals surface area contributed by atoms with E-state index in [0.29, 0.717) is 6.61 Å². The summed E-state index contributed by atoms with van der Waals surface area (Å²) >= 11 is 1.61. The van der Waals surface area contributed by atoms with Gasteiger partial charge in [-0.2, -0.15) is 0 Å². The smallest absolute Gasteiger partial charge is 0.104 e. The van der Waals surface area contributed by atoms with Crippen LogP contribution in [0.3, 0.4) is 0 Å². The van der Waals surface area contributed by atoms with Crippen LogP contribution in [0.2, 0.25) is 0 Å². The van der Waals surface area contributed by atoms with Crippen LogP contribution in [0.1, 0.15) is 23.6 Å². The van der Waals surface area contributed by atoms with Crippen LogP contribution in [0.15, 0.2) is 12.1 Å². The minimum absolute atomic E-state index is 0.0876. The molecular weight excluding hydrogens is 196 g/mol. The molecule has 0 aliphatic rings. The van der Waals surface area contributed by atoms with Crippen LogP contribution in [0, 0.1) is 11.8 Å². The van der Waals surface area contributed by atoms with Crippen molar-refractivity contribution in [3.05, 3.63) is 21.9 Å². The maximum atomic E-state index is 8.52. The molecule has 1 N–H and O–H groups in total. The second-order valence-corrected chi connectivity index (χ2v) is 4.25. The number of aliphatic hydroxyl groups is 1. The second kappa shape index (κ2) is 5.82. The van der Waals surface area contributed by atoms with Crippen LogP contribution in [0.5, 0.6) is 0 Å². The van der Waals surface area contributed by atoms with Crippen molar-refractivity contribution in [1.82, 2.24) is 0 Å². The van der Waals surface area contributed by atoms with Gasteiger partial charge < -0.3 is 9.84 Å². The van der Waals surface area contributed by atoms with E-state index in [4.69, 9.17) is 9.84 Å². The van der Waals surface area contributed by atoms with Crippen molar-refractivity contribution in [1.29, 1.82) is 0 Å². The Bertz CT molecular complexity index is 331. The first-order valence-electron chi connectivity index (χ1n) is 4.52. The highest BCUT2D eigenvalue weighted by Crippen LogP contribution is 2.16. The zero-order valence-electron chi connectivity index (χ0n) is 8.41. The Hall–Kier alpha value is -0.820. The molecular formula is C11H14O2S. The largest absolute Gasteiger partial charge is 0.384 e. The quantitative estimate of drug-likeness (QED) is 0.773. The number of thiophene rings is 1. The van der Waals surface area contributed by atoms with Gasteiger partial charge in [0, 0.05) is 4.88 Å². The van der Waals surface area contributed by atoms with Crippen molar-refractivity contribution in [3.8, 4) is 11.8 Å². The predicted octanol–water partition coefficient (Wildman–Crippen LogP) is 2.02. The summed E-state index contributed by atoms with van der Waals surface area (Å²) in [6, 6.07) is 3.96. The fourth-order valence-electron chi connectivity index (χ4n) is 0.898. The summed E-state index contributed by atoms with van der Waals surface area (Å²) in [7, 11) is 0. The lowest BCUT2D eigenvalue weighted by molar-refractivity contribution is 0.0674. The summed E-state index contributed by atoms with van der Waals surface area (Å²) in [6.07, 6.45) is 0.254. The van der Waals surface area contributed by atoms with Crippen LogP contribution >= 0.6 is 11.3 Å². The maximum absolute atomic E-state index is 8.52. The van der Waals surface area contributed by atoms with E-state index >= 15 is 0 Å². The lowest BCUT2D eigenvalue weighted by atomic mass is 10.4. The van der Waals surface area contributed by atoms with E-state index in [1.165, 1.54) is 4.88 Å². The van der Waals surface area contributed by atoms with E-state index < -0.39 is 0 Å². The molecule has 0 amide bonds. The third-order valence-corrected chi connectivity index (χ3v) is 2.49. The summed E-state index contributed by atoms with van der Waals surface area (Å²) in [5.41, 5.74) is 0. The Labute approximate surface area is 88.5 Å². The van der Waals surface area contributed by atoms with Crippen LogP contribution in [0.25, 0.3) is 0 Å². The van der Waals surface area contributed by atoms with Crippen molar-refractivity contribution in [3.63, 3.8) is 0 Å². The van der Waals surface area contributed by atoms with Gasteiger partial charge in [-0.3, -0.25) is 0 Å². The van der Waals surface area contributed by atoms with Gasteiger partial charge in [0.15, 0.2) is 0 Å². The van der Waals surface area contributed by atoms with Crippen LogP contribution < -0.4 is 0 Å². The molecule has 1 rings (SSSR count). The van der Waals surface area contributed by atoms with Crippen LogP contribution in [-0.4, -0.2) is 17.8 Å². The van der Waals surface area contributed by atoms with Gasteiger partial charge in [0.05, 0.1) is 17.6 Å². The van der Waals surface area contributed by atoms with Gasteiger partial charge in [-0.15, -0.1) is 11.3 Å². The lowest BCUT2D eigenvalue weighted by Gasteiger charge is -2.04. The first-order chi connectivity index (χ1) is 6.72. The molecule has 0 saturated carbocycles. The molecule has 0 unspecified atom stereocenters. The molecule has 76 valence electrons. The van der Waals surface area contributed by atoms with E-state index in [-0.39, 0.29) is 12.7 Å². The summed E-state index contributed by atoms with van der Waals surface area (Å²) in [6.45, 7) is 4.58. The van der Waals surface area contributed by atoms with Gasteiger partial charge in [0.2, 0.25) is 0 Å². The third-order valence-electron chi connectivity index (χ3n) is 1.51. The van der Waals surface area contributed by atoms with Crippen LogP contribution in [-0.2, 0) is 11.3 Å². The molecule has 3 heteroatoms. The van der Waals surface area contributed by atoms with E-state index in [1.54, 1.807) is 11.3 Å². The van der Waals surface area contributed by atoms with Crippen molar-refractivity contribution >= 4 is 11.3 Å². The molecule has 1 heterocycles. The normalized spacial score (nSPS) is 10.0. The molecule has 2 nitrogen and oxygen atoms in total. The molecule has 0 bridgehead atoms. The SMILES string of the molecule is CC(C)OCc1ccc(C#CCO)s1. The van der Waals surface area contributed by atoms with Crippen molar-refractivity contribution in [2.45, 2.75) is 26.6 Å². The molecule has 0 fully saturated rings. The third kappa shape index (κ3) is 3.93. The summed E-state index contributed by atoms with van der Waals surface area (Å²) in [4.78, 5) is 2.14. The Morgan fingerprint density at radius 3 is 2.93 bits per heavy atom. The standard InChI is InChI=1S/C11H14O2S/c1-9(2)13-8-11-6-5-10(14-11)4-3-7-12/h5-6,9,12H,7-8H2,1-2H3. The Kier molecular flexibility index (Phi) is 4.68. The van der Waals surface area contributed by atoms with Crippen molar-refractivity contribution < 1.29 is 9.84 Å². The molecule has 0 aromatic carbocycles. The Morgan fingerprint density at radius 1 is 1.50 bits per heavy atom. The van der Waals surface area contributed by atoms with Gasteiger partial charge in [0.25, 0.3) is 0 Å². The number of ether oxygens (including phenoxy) is 1. The first kappa shape index (κ1) is 11.3. The fourth-order valence-corrected chi connectivity index (χ4v) is 1.70. The average Bonchev–Trinajstić information content (AvgIpc) is 2.59. The molecule has 1 aromatic rings. The molecule has 0 aliphatic carbocycles. The van der Waals surface area contributed by atoms with E-state index in [1.807, 2.05) is 26.0 Å². The molecule has 0 saturated heterocycles. The van der Waals surface area contributed by atoms with Crippen molar-refractivity contribution in [2.24, 2.45) is 0 Å². The van der Waals surface area contributed by atoms with E-state index in [0.717, 1.165) is 4.88 Å². The fraction of sp³-hybridized carbons (Fsp3) is 0.455. The van der Waals surface area contributed by atoms with Gasteiger partial charge >= 0.3 is 0 Å². The lowest BCUT2D eigenvalue weighted by Crippen LogP contribution is -2.00. The highest BCUT2D eigenvalue weighted by atomic mass is 32.1. The molecule has 0 radical (unpaired) electrons. The second-order valence-electron chi connectivity index (χ2n) is 3.09. The topological polar surface area (TPSA) is 29.5 Å². The zero-order chi connectivity index (χ0) is 10.4. The Balaban J connectivity index is 2.51. The van der Waals surface area contributed by atoms with Gasteiger partial charge in [-0.25, -0.2) is 0 Å². The van der Waals surface area contributed by atoms with Gasteiger partial charge in [-0.1, -0.05) is 11.8 Å². The molecule has 1 aromatic heterocycles. The monoisotopic (exact) mass is 210 g/mol. The maximum Gasteiger partial charge on any atom is 0.104 e. The number of hydrogen-bond acceptors (Lipinski definition) is 3. The van der Waals surface area contributed by atoms with Crippen LogP contribution in [0.4, 0.5) is 0 Å². The predicted molar refractivity (Wildman–Crippen MR) is 58.2 cm³/mol. The average molecular weight is 210 g/mol. The van der Waals surface area contributed by atoms with Gasteiger partial charge in [0.1, 0.15) is 6.61 Å². The Morgan fingerprint density at radius 2 is 2.29 bits per heavy atom. The molecule has 0 spiro atoms. The number of rotatable bonds is 3. The summed E-state index contributed by atoms with van der Waals surface area (Å²) in [5, 5.41) is 8.52. The highest BCUT2D eigenvalue weighted by Gasteiger charge is 1.99. The highest BCUT2D eigenvalue weighted by molar-refractivity contribution is 7.12. The summed E-state index contributed by atoms with van der Waals surface area (Å²) in [5.74, 6) is 5.48. The zero-order valence-corrected chi connectivity index (χ0v) is 9.23. The van der Waals surface area contributed by atoms with Gasteiger partial charge in [-0.05, 0) is 26.0 Å². The minimum atomic E-state index is -0.0876.